The predicted molar refractivity (Wildman–Crippen MR) is 56.9 cm³/mol. The van der Waals surface area contributed by atoms with Gasteiger partial charge in [0.2, 0.25) is 10.0 Å². The summed E-state index contributed by atoms with van der Waals surface area (Å²) in [5.74, 6) is 0. The minimum absolute atomic E-state index is 0.0712. The van der Waals surface area contributed by atoms with E-state index in [0.29, 0.717) is 5.52 Å². The van der Waals surface area contributed by atoms with Crippen LogP contribution < -0.4 is 5.14 Å². The fourth-order valence-electron chi connectivity index (χ4n) is 1.56. The molecule has 0 aliphatic heterocycles. The van der Waals surface area contributed by atoms with Gasteiger partial charge in [0.25, 0.3) is 0 Å². The molecular formula is C9H11N3O2S. The number of aryl methyl sites for hydroxylation is 2. The fraction of sp³-hybridized carbons (Fsp3) is 0.222. The molecule has 0 amide bonds. The second kappa shape index (κ2) is 3.04. The lowest BCUT2D eigenvalue weighted by molar-refractivity contribution is 0.598. The molecule has 5 nitrogen and oxygen atoms in total. The molecule has 3 N–H and O–H groups in total. The average molecular weight is 225 g/mol. The third-order valence-corrected chi connectivity index (χ3v) is 3.19. The first kappa shape index (κ1) is 10.1. The lowest BCUT2D eigenvalue weighted by Gasteiger charge is -2.01. The second-order valence-corrected chi connectivity index (χ2v) is 5.08. The first-order valence-corrected chi connectivity index (χ1v) is 5.92. The first-order chi connectivity index (χ1) is 6.89. The van der Waals surface area contributed by atoms with E-state index < -0.39 is 10.0 Å². The van der Waals surface area contributed by atoms with Gasteiger partial charge in [0.15, 0.2) is 0 Å². The van der Waals surface area contributed by atoms with Crippen molar-refractivity contribution in [3.63, 3.8) is 0 Å². The molecule has 2 aromatic rings. The van der Waals surface area contributed by atoms with Crippen molar-refractivity contribution in [1.82, 2.24) is 10.2 Å². The fourth-order valence-corrected chi connectivity index (χ4v) is 2.34. The summed E-state index contributed by atoms with van der Waals surface area (Å²) in [4.78, 5) is 0.0712. The smallest absolute Gasteiger partial charge is 0.240 e. The Balaban J connectivity index is 2.97. The van der Waals surface area contributed by atoms with Crippen molar-refractivity contribution in [3.8, 4) is 0 Å². The molecule has 0 aliphatic carbocycles. The van der Waals surface area contributed by atoms with E-state index in [4.69, 9.17) is 5.14 Å². The van der Waals surface area contributed by atoms with E-state index in [0.717, 1.165) is 16.6 Å². The van der Waals surface area contributed by atoms with E-state index in [9.17, 15) is 8.42 Å². The standard InChI is InChI=1S/C9H11N3O2S/c1-5-3-7-6(2)11-12-9(7)8(4-5)15(10,13)14/h3-4H,1-2H3,(H,11,12)(H2,10,13,14). The van der Waals surface area contributed by atoms with E-state index >= 15 is 0 Å². The number of benzene rings is 1. The van der Waals surface area contributed by atoms with Gasteiger partial charge >= 0.3 is 0 Å². The molecule has 80 valence electrons. The molecule has 0 bridgehead atoms. The summed E-state index contributed by atoms with van der Waals surface area (Å²) in [6, 6.07) is 3.40. The minimum atomic E-state index is -3.72. The van der Waals surface area contributed by atoms with Crippen LogP contribution in [0.1, 0.15) is 11.3 Å². The summed E-state index contributed by atoms with van der Waals surface area (Å²) in [5, 5.41) is 12.6. The Kier molecular flexibility index (Phi) is 2.06. The highest BCUT2D eigenvalue weighted by atomic mass is 32.2. The van der Waals surface area contributed by atoms with Crippen molar-refractivity contribution in [2.24, 2.45) is 5.14 Å². The number of rotatable bonds is 1. The van der Waals surface area contributed by atoms with Crippen molar-refractivity contribution >= 4 is 20.9 Å². The van der Waals surface area contributed by atoms with Crippen LogP contribution in [0, 0.1) is 13.8 Å². The molecule has 15 heavy (non-hydrogen) atoms. The summed E-state index contributed by atoms with van der Waals surface area (Å²) < 4.78 is 22.7. The van der Waals surface area contributed by atoms with E-state index in [-0.39, 0.29) is 4.90 Å². The highest BCUT2D eigenvalue weighted by molar-refractivity contribution is 7.89. The second-order valence-electron chi connectivity index (χ2n) is 3.55. The summed E-state index contributed by atoms with van der Waals surface area (Å²) in [7, 11) is -3.72. The molecule has 0 fully saturated rings. The molecule has 0 saturated heterocycles. The Bertz CT molecular complexity index is 628. The number of nitrogens with one attached hydrogen (secondary N) is 1. The van der Waals surface area contributed by atoms with Crippen molar-refractivity contribution in [1.29, 1.82) is 0 Å². The van der Waals surface area contributed by atoms with Gasteiger partial charge in [0.1, 0.15) is 10.4 Å². The molecular weight excluding hydrogens is 214 g/mol. The molecule has 0 spiro atoms. The monoisotopic (exact) mass is 225 g/mol. The van der Waals surface area contributed by atoms with E-state index in [1.54, 1.807) is 0 Å². The van der Waals surface area contributed by atoms with Gasteiger partial charge in [0, 0.05) is 11.1 Å². The number of hydrogen-bond donors (Lipinski definition) is 2. The molecule has 2 rings (SSSR count). The van der Waals surface area contributed by atoms with Crippen molar-refractivity contribution in [2.75, 3.05) is 0 Å². The molecule has 6 heteroatoms. The SMILES string of the molecule is Cc1cc(S(N)(=O)=O)c2n[nH]c(C)c2c1. The van der Waals surface area contributed by atoms with Crippen LogP contribution in [0.3, 0.4) is 0 Å². The van der Waals surface area contributed by atoms with Gasteiger partial charge in [-0.05, 0) is 31.5 Å². The largest absolute Gasteiger partial charge is 0.282 e. The summed E-state index contributed by atoms with van der Waals surface area (Å²) in [5.41, 5.74) is 2.08. The molecule has 1 heterocycles. The molecule has 0 atom stereocenters. The number of aromatic amines is 1. The van der Waals surface area contributed by atoms with Crippen molar-refractivity contribution in [3.05, 3.63) is 23.4 Å². The Morgan fingerprint density at radius 3 is 2.60 bits per heavy atom. The van der Waals surface area contributed by atoms with Crippen LogP contribution in [0.25, 0.3) is 10.9 Å². The van der Waals surface area contributed by atoms with Crippen molar-refractivity contribution in [2.45, 2.75) is 18.7 Å². The third kappa shape index (κ3) is 1.62. The lowest BCUT2D eigenvalue weighted by atomic mass is 10.1. The highest BCUT2D eigenvalue weighted by Crippen LogP contribution is 2.24. The normalized spacial score (nSPS) is 12.2. The average Bonchev–Trinajstić information content (AvgIpc) is 2.45. The van der Waals surface area contributed by atoms with E-state index in [1.165, 1.54) is 6.07 Å². The van der Waals surface area contributed by atoms with Gasteiger partial charge < -0.3 is 0 Å². The maximum absolute atomic E-state index is 11.3. The molecule has 1 aromatic heterocycles. The van der Waals surface area contributed by atoms with Gasteiger partial charge in [0.05, 0.1) is 0 Å². The molecule has 1 aromatic carbocycles. The van der Waals surface area contributed by atoms with Crippen LogP contribution in [0.15, 0.2) is 17.0 Å². The first-order valence-electron chi connectivity index (χ1n) is 4.38. The maximum Gasteiger partial charge on any atom is 0.240 e. The number of nitrogens with zero attached hydrogens (tertiary/aromatic N) is 1. The highest BCUT2D eigenvalue weighted by Gasteiger charge is 2.16. The van der Waals surface area contributed by atoms with Crippen LogP contribution >= 0.6 is 0 Å². The number of hydrogen-bond acceptors (Lipinski definition) is 3. The van der Waals surface area contributed by atoms with Gasteiger partial charge in [-0.25, -0.2) is 13.6 Å². The summed E-state index contributed by atoms with van der Waals surface area (Å²) in [6.07, 6.45) is 0. The zero-order valence-corrected chi connectivity index (χ0v) is 9.22. The van der Waals surface area contributed by atoms with Crippen LogP contribution in [0.4, 0.5) is 0 Å². The lowest BCUT2D eigenvalue weighted by Crippen LogP contribution is -2.12. The maximum atomic E-state index is 11.3. The van der Waals surface area contributed by atoms with Crippen molar-refractivity contribution < 1.29 is 8.42 Å². The summed E-state index contributed by atoms with van der Waals surface area (Å²) in [6.45, 7) is 3.66. The quantitative estimate of drug-likeness (QED) is 0.753. The van der Waals surface area contributed by atoms with Gasteiger partial charge in [-0.3, -0.25) is 5.10 Å². The van der Waals surface area contributed by atoms with Crippen LogP contribution in [-0.2, 0) is 10.0 Å². The topological polar surface area (TPSA) is 88.8 Å². The molecule has 0 saturated carbocycles. The number of primary sulfonamides is 1. The van der Waals surface area contributed by atoms with E-state index in [2.05, 4.69) is 10.2 Å². The van der Waals surface area contributed by atoms with E-state index in [1.807, 2.05) is 19.9 Å². The Hall–Kier alpha value is -1.40. The van der Waals surface area contributed by atoms with Gasteiger partial charge in [-0.2, -0.15) is 5.10 Å². The van der Waals surface area contributed by atoms with Gasteiger partial charge in [-0.15, -0.1) is 0 Å². The van der Waals surface area contributed by atoms with Crippen LogP contribution in [0.2, 0.25) is 0 Å². The Labute approximate surface area is 87.3 Å². The minimum Gasteiger partial charge on any atom is -0.282 e. The Morgan fingerprint density at radius 1 is 1.33 bits per heavy atom. The predicted octanol–water partition coefficient (Wildman–Crippen LogP) is 0.827. The van der Waals surface area contributed by atoms with Crippen LogP contribution in [-0.4, -0.2) is 18.6 Å². The zero-order chi connectivity index (χ0) is 11.2. The molecule has 0 aliphatic rings. The Morgan fingerprint density at radius 2 is 2.00 bits per heavy atom. The van der Waals surface area contributed by atoms with Gasteiger partial charge in [-0.1, -0.05) is 0 Å². The molecule has 0 unspecified atom stereocenters. The number of H-pyrrole nitrogens is 1. The summed E-state index contributed by atoms with van der Waals surface area (Å²) >= 11 is 0. The number of aromatic nitrogens is 2. The number of fused-ring (bicyclic) bond motifs is 1. The third-order valence-electron chi connectivity index (χ3n) is 2.27. The van der Waals surface area contributed by atoms with Crippen LogP contribution in [0.5, 0.6) is 0 Å². The number of sulfonamides is 1. The number of nitrogens with two attached hydrogens (primary N) is 1. The zero-order valence-electron chi connectivity index (χ0n) is 8.40. The molecule has 0 radical (unpaired) electrons.